The Kier molecular flexibility index (Phi) is 10.8. The molecular weight excluding hydrogens is 312 g/mol. The van der Waals surface area contributed by atoms with Gasteiger partial charge in [-0.15, -0.1) is 0 Å². The Morgan fingerprint density at radius 3 is 1.79 bits per heavy atom. The molecule has 140 valence electrons. The van der Waals surface area contributed by atoms with Gasteiger partial charge in [0.05, 0.1) is 13.2 Å². The molecule has 0 fully saturated rings. The highest BCUT2D eigenvalue weighted by molar-refractivity contribution is 6.74. The predicted molar refractivity (Wildman–Crippen MR) is 110 cm³/mol. The lowest BCUT2D eigenvalue weighted by Crippen LogP contribution is -2.41. The molecule has 0 aliphatic rings. The van der Waals surface area contributed by atoms with Gasteiger partial charge in [0.1, 0.15) is 0 Å². The van der Waals surface area contributed by atoms with Crippen LogP contribution >= 0.6 is 0 Å². The number of hydrogen-bond acceptors (Lipinski definition) is 2. The SMILES string of the molecule is C/C(=C\CO)CC/C=C(\C)CC/C=C(\C)CO[Si](C)(C)C(C)(C)C. The minimum absolute atomic E-state index is 0.148. The smallest absolute Gasteiger partial charge is 0.192 e. The van der Waals surface area contributed by atoms with E-state index < -0.39 is 8.32 Å². The van der Waals surface area contributed by atoms with E-state index in [0.717, 1.165) is 32.3 Å². The first-order valence-electron chi connectivity index (χ1n) is 9.21. The minimum atomic E-state index is -1.64. The largest absolute Gasteiger partial charge is 0.413 e. The van der Waals surface area contributed by atoms with E-state index in [-0.39, 0.29) is 11.6 Å². The van der Waals surface area contributed by atoms with E-state index in [1.807, 2.05) is 6.08 Å². The van der Waals surface area contributed by atoms with Gasteiger partial charge in [-0.3, -0.25) is 0 Å². The fourth-order valence-corrected chi connectivity index (χ4v) is 3.04. The normalized spacial score (nSPS) is 15.1. The topological polar surface area (TPSA) is 29.5 Å². The molecule has 0 saturated carbocycles. The number of hydrogen-bond donors (Lipinski definition) is 1. The van der Waals surface area contributed by atoms with Crippen LogP contribution in [0, 0.1) is 0 Å². The van der Waals surface area contributed by atoms with Crippen LogP contribution in [0.15, 0.2) is 34.9 Å². The molecule has 0 unspecified atom stereocenters. The van der Waals surface area contributed by atoms with E-state index in [1.165, 1.54) is 16.7 Å². The van der Waals surface area contributed by atoms with Crippen molar-refractivity contribution < 1.29 is 9.53 Å². The molecule has 0 aromatic carbocycles. The van der Waals surface area contributed by atoms with Gasteiger partial charge in [-0.25, -0.2) is 0 Å². The molecule has 0 spiro atoms. The first kappa shape index (κ1) is 23.4. The zero-order valence-electron chi connectivity index (χ0n) is 17.3. The summed E-state index contributed by atoms with van der Waals surface area (Å²) in [5, 5.41) is 9.12. The number of aliphatic hydroxyl groups excluding tert-OH is 1. The van der Waals surface area contributed by atoms with Crippen molar-refractivity contribution in [1.29, 1.82) is 0 Å². The Balaban J connectivity index is 4.19. The van der Waals surface area contributed by atoms with Crippen LogP contribution < -0.4 is 0 Å². The summed E-state index contributed by atoms with van der Waals surface area (Å²) < 4.78 is 6.26. The molecule has 0 aromatic rings. The maximum absolute atomic E-state index is 8.85. The molecule has 3 heteroatoms. The Labute approximate surface area is 151 Å². The maximum atomic E-state index is 8.85. The summed E-state index contributed by atoms with van der Waals surface area (Å²) in [5.74, 6) is 0. The fourth-order valence-electron chi connectivity index (χ4n) is 2.02. The molecule has 2 nitrogen and oxygen atoms in total. The lowest BCUT2D eigenvalue weighted by atomic mass is 10.1. The van der Waals surface area contributed by atoms with E-state index in [4.69, 9.17) is 9.53 Å². The summed E-state index contributed by atoms with van der Waals surface area (Å²) in [7, 11) is -1.64. The summed E-state index contributed by atoms with van der Waals surface area (Å²) in [6, 6.07) is 0. The third-order valence-corrected chi connectivity index (χ3v) is 9.45. The van der Waals surface area contributed by atoms with Crippen LogP contribution in [0.4, 0.5) is 0 Å². The fraction of sp³-hybridized carbons (Fsp3) is 0.714. The highest BCUT2D eigenvalue weighted by Crippen LogP contribution is 2.36. The Morgan fingerprint density at radius 2 is 1.33 bits per heavy atom. The maximum Gasteiger partial charge on any atom is 0.192 e. The van der Waals surface area contributed by atoms with Gasteiger partial charge in [0.2, 0.25) is 0 Å². The van der Waals surface area contributed by atoms with E-state index >= 15 is 0 Å². The quantitative estimate of drug-likeness (QED) is 0.364. The van der Waals surface area contributed by atoms with Gasteiger partial charge in [-0.1, -0.05) is 55.7 Å². The van der Waals surface area contributed by atoms with Crippen LogP contribution in [0.5, 0.6) is 0 Å². The predicted octanol–water partition coefficient (Wildman–Crippen LogP) is 6.40. The monoisotopic (exact) mass is 352 g/mol. The first-order valence-corrected chi connectivity index (χ1v) is 12.1. The van der Waals surface area contributed by atoms with Gasteiger partial charge in [-0.05, 0) is 64.6 Å². The van der Waals surface area contributed by atoms with Crippen molar-refractivity contribution in [2.45, 2.75) is 85.4 Å². The van der Waals surface area contributed by atoms with Crippen molar-refractivity contribution in [3.05, 3.63) is 34.9 Å². The van der Waals surface area contributed by atoms with Crippen molar-refractivity contribution >= 4 is 8.32 Å². The molecule has 0 rings (SSSR count). The van der Waals surface area contributed by atoms with Gasteiger partial charge in [0.15, 0.2) is 8.32 Å². The van der Waals surface area contributed by atoms with Crippen LogP contribution in [0.1, 0.15) is 67.2 Å². The molecule has 0 radical (unpaired) electrons. The van der Waals surface area contributed by atoms with Crippen molar-refractivity contribution in [2.24, 2.45) is 0 Å². The third kappa shape index (κ3) is 10.3. The van der Waals surface area contributed by atoms with E-state index in [0.29, 0.717) is 0 Å². The Morgan fingerprint density at radius 1 is 0.875 bits per heavy atom. The summed E-state index contributed by atoms with van der Waals surface area (Å²) >= 11 is 0. The van der Waals surface area contributed by atoms with Gasteiger partial charge in [0, 0.05) is 0 Å². The lowest BCUT2D eigenvalue weighted by molar-refractivity contribution is 0.318. The Hall–Kier alpha value is -0.643. The molecule has 0 bridgehead atoms. The van der Waals surface area contributed by atoms with Gasteiger partial charge in [0.25, 0.3) is 0 Å². The molecule has 1 N–H and O–H groups in total. The average molecular weight is 353 g/mol. The van der Waals surface area contributed by atoms with E-state index in [1.54, 1.807) is 0 Å². The summed E-state index contributed by atoms with van der Waals surface area (Å²) in [5.41, 5.74) is 4.05. The summed E-state index contributed by atoms with van der Waals surface area (Å²) in [6.45, 7) is 18.8. The molecule has 0 atom stereocenters. The highest BCUT2D eigenvalue weighted by Gasteiger charge is 2.36. The van der Waals surface area contributed by atoms with Crippen LogP contribution in [0.25, 0.3) is 0 Å². The van der Waals surface area contributed by atoms with Crippen molar-refractivity contribution in [3.63, 3.8) is 0 Å². The third-order valence-electron chi connectivity index (χ3n) is 4.97. The Bertz CT molecular complexity index is 451. The molecule has 0 aromatic heterocycles. The van der Waals surface area contributed by atoms with E-state index in [2.05, 4.69) is 66.8 Å². The molecule has 0 heterocycles. The van der Waals surface area contributed by atoms with Crippen LogP contribution in [-0.4, -0.2) is 26.6 Å². The van der Waals surface area contributed by atoms with Gasteiger partial charge >= 0.3 is 0 Å². The molecule has 24 heavy (non-hydrogen) atoms. The minimum Gasteiger partial charge on any atom is -0.413 e. The number of rotatable bonds is 10. The molecular formula is C21H40O2Si. The van der Waals surface area contributed by atoms with Crippen molar-refractivity contribution in [1.82, 2.24) is 0 Å². The second-order valence-corrected chi connectivity index (χ2v) is 13.3. The van der Waals surface area contributed by atoms with Crippen molar-refractivity contribution in [3.8, 4) is 0 Å². The number of aliphatic hydroxyl groups is 1. The number of allylic oxidation sites excluding steroid dienone is 4. The molecule has 0 amide bonds. The van der Waals surface area contributed by atoms with Crippen molar-refractivity contribution in [2.75, 3.05) is 13.2 Å². The van der Waals surface area contributed by atoms with Gasteiger partial charge < -0.3 is 9.53 Å². The van der Waals surface area contributed by atoms with E-state index in [9.17, 15) is 0 Å². The molecule has 0 saturated heterocycles. The summed E-state index contributed by atoms with van der Waals surface area (Å²) in [4.78, 5) is 0. The zero-order chi connectivity index (χ0) is 18.8. The lowest BCUT2D eigenvalue weighted by Gasteiger charge is -2.36. The van der Waals surface area contributed by atoms with Gasteiger partial charge in [-0.2, -0.15) is 0 Å². The second kappa shape index (κ2) is 11.1. The average Bonchev–Trinajstić information content (AvgIpc) is 2.44. The van der Waals surface area contributed by atoms with Crippen LogP contribution in [-0.2, 0) is 4.43 Å². The second-order valence-electron chi connectivity index (χ2n) is 8.46. The molecule has 0 aliphatic heterocycles. The summed E-state index contributed by atoms with van der Waals surface area (Å²) in [6.07, 6.45) is 10.8. The standard InChI is InChI=1S/C21H40O2Si/c1-18(11-9-13-19(2)15-16-22)12-10-14-20(3)17-23-24(7,8)21(4,5)6/h11,14-15,22H,9-10,12-13,16-17H2,1-8H3/b18-11+,19-15+,20-14+. The zero-order valence-corrected chi connectivity index (χ0v) is 18.3. The molecule has 0 aliphatic carbocycles. The van der Waals surface area contributed by atoms with Crippen LogP contribution in [0.3, 0.4) is 0 Å². The van der Waals surface area contributed by atoms with Crippen LogP contribution in [0.2, 0.25) is 18.1 Å². The first-order chi connectivity index (χ1) is 11.0. The highest BCUT2D eigenvalue weighted by atomic mass is 28.4.